The Balaban J connectivity index is 2.25. The molecule has 5 heteroatoms. The first-order valence-corrected chi connectivity index (χ1v) is 5.27. The van der Waals surface area contributed by atoms with Gasteiger partial charge in [-0.25, -0.2) is 8.78 Å². The van der Waals surface area contributed by atoms with Gasteiger partial charge in [0.05, 0.1) is 12.2 Å². The molecule has 2 aromatic rings. The Morgan fingerprint density at radius 1 is 1.29 bits per heavy atom. The minimum atomic E-state index is -0.578. The standard InChI is InChI=1S/C12H13F2N3/c1-8-10(5-15)7-17(16-8)6-9-2-3-11(13)4-12(9)14/h2-4,7H,5-6,15H2,1H3. The molecule has 0 aliphatic carbocycles. The lowest BCUT2D eigenvalue weighted by Gasteiger charge is -2.03. The van der Waals surface area contributed by atoms with Gasteiger partial charge in [0, 0.05) is 29.9 Å². The average molecular weight is 237 g/mol. The molecule has 17 heavy (non-hydrogen) atoms. The highest BCUT2D eigenvalue weighted by Gasteiger charge is 2.07. The highest BCUT2D eigenvalue weighted by molar-refractivity contribution is 5.20. The molecule has 0 unspecified atom stereocenters. The second kappa shape index (κ2) is 4.63. The Hall–Kier alpha value is -1.75. The Labute approximate surface area is 97.9 Å². The molecule has 2 rings (SSSR count). The lowest BCUT2D eigenvalue weighted by molar-refractivity contribution is 0.557. The number of aryl methyl sites for hydroxylation is 1. The van der Waals surface area contributed by atoms with E-state index in [1.54, 1.807) is 10.9 Å². The fraction of sp³-hybridized carbons (Fsp3) is 0.250. The zero-order valence-electron chi connectivity index (χ0n) is 9.45. The summed E-state index contributed by atoms with van der Waals surface area (Å²) in [6, 6.07) is 3.53. The van der Waals surface area contributed by atoms with Gasteiger partial charge in [-0.15, -0.1) is 0 Å². The minimum Gasteiger partial charge on any atom is -0.326 e. The first-order valence-electron chi connectivity index (χ1n) is 5.27. The zero-order valence-corrected chi connectivity index (χ0v) is 9.45. The van der Waals surface area contributed by atoms with Crippen LogP contribution in [0.15, 0.2) is 24.4 Å². The first-order chi connectivity index (χ1) is 8.10. The SMILES string of the molecule is Cc1nn(Cc2ccc(F)cc2F)cc1CN. The summed E-state index contributed by atoms with van der Waals surface area (Å²) in [6.07, 6.45) is 1.78. The molecule has 0 bridgehead atoms. The lowest BCUT2D eigenvalue weighted by Crippen LogP contribution is -2.03. The van der Waals surface area contributed by atoms with Crippen molar-refractivity contribution in [2.75, 3.05) is 0 Å². The van der Waals surface area contributed by atoms with Crippen molar-refractivity contribution >= 4 is 0 Å². The Morgan fingerprint density at radius 2 is 2.06 bits per heavy atom. The second-order valence-corrected chi connectivity index (χ2v) is 3.88. The summed E-state index contributed by atoms with van der Waals surface area (Å²) >= 11 is 0. The Kier molecular flexibility index (Phi) is 3.19. The lowest BCUT2D eigenvalue weighted by atomic mass is 10.2. The quantitative estimate of drug-likeness (QED) is 0.887. The van der Waals surface area contributed by atoms with E-state index in [4.69, 9.17) is 5.73 Å². The van der Waals surface area contributed by atoms with Gasteiger partial charge in [0.15, 0.2) is 0 Å². The number of hydrogen-bond acceptors (Lipinski definition) is 2. The van der Waals surface area contributed by atoms with E-state index >= 15 is 0 Å². The Bertz CT molecular complexity index is 535. The smallest absolute Gasteiger partial charge is 0.131 e. The fourth-order valence-electron chi connectivity index (χ4n) is 1.66. The number of benzene rings is 1. The number of halogens is 2. The topological polar surface area (TPSA) is 43.8 Å². The molecule has 0 aliphatic rings. The predicted molar refractivity (Wildman–Crippen MR) is 60.3 cm³/mol. The van der Waals surface area contributed by atoms with Gasteiger partial charge in [-0.2, -0.15) is 5.10 Å². The molecule has 0 amide bonds. The third-order valence-electron chi connectivity index (χ3n) is 2.62. The van der Waals surface area contributed by atoms with Crippen molar-refractivity contribution in [3.63, 3.8) is 0 Å². The summed E-state index contributed by atoms with van der Waals surface area (Å²) in [4.78, 5) is 0. The molecular formula is C12H13F2N3. The van der Waals surface area contributed by atoms with Crippen LogP contribution < -0.4 is 5.73 Å². The summed E-state index contributed by atoms with van der Waals surface area (Å²) in [6.45, 7) is 2.52. The van der Waals surface area contributed by atoms with E-state index in [9.17, 15) is 8.78 Å². The minimum absolute atomic E-state index is 0.271. The van der Waals surface area contributed by atoms with Gasteiger partial charge >= 0.3 is 0 Å². The van der Waals surface area contributed by atoms with Crippen molar-refractivity contribution in [2.45, 2.75) is 20.0 Å². The number of hydrogen-bond donors (Lipinski definition) is 1. The number of aromatic nitrogens is 2. The maximum atomic E-state index is 13.4. The van der Waals surface area contributed by atoms with Crippen molar-refractivity contribution in [2.24, 2.45) is 5.73 Å². The van der Waals surface area contributed by atoms with E-state index in [1.165, 1.54) is 12.1 Å². The molecule has 1 aromatic carbocycles. The summed E-state index contributed by atoms with van der Waals surface area (Å²) in [5.41, 5.74) is 7.68. The molecule has 0 aliphatic heterocycles. The van der Waals surface area contributed by atoms with E-state index in [-0.39, 0.29) is 6.54 Å². The fourth-order valence-corrected chi connectivity index (χ4v) is 1.66. The number of nitrogens with zero attached hydrogens (tertiary/aromatic N) is 2. The normalized spacial score (nSPS) is 10.8. The van der Waals surface area contributed by atoms with E-state index in [0.29, 0.717) is 12.1 Å². The molecular weight excluding hydrogens is 224 g/mol. The van der Waals surface area contributed by atoms with Crippen LogP contribution in [0.5, 0.6) is 0 Å². The van der Waals surface area contributed by atoms with Crippen LogP contribution in [-0.2, 0) is 13.1 Å². The van der Waals surface area contributed by atoms with Crippen LogP contribution in [0.1, 0.15) is 16.8 Å². The Morgan fingerprint density at radius 3 is 2.65 bits per heavy atom. The maximum absolute atomic E-state index is 13.4. The molecule has 90 valence electrons. The van der Waals surface area contributed by atoms with Gasteiger partial charge in [0.1, 0.15) is 11.6 Å². The molecule has 0 saturated heterocycles. The van der Waals surface area contributed by atoms with Gasteiger partial charge in [-0.05, 0) is 13.0 Å². The molecule has 0 spiro atoms. The van der Waals surface area contributed by atoms with E-state index in [1.807, 2.05) is 6.92 Å². The number of rotatable bonds is 3. The number of nitrogens with two attached hydrogens (primary N) is 1. The summed E-state index contributed by atoms with van der Waals surface area (Å²) in [5.74, 6) is -1.14. The molecule has 1 aromatic heterocycles. The van der Waals surface area contributed by atoms with Gasteiger partial charge in [-0.1, -0.05) is 6.07 Å². The van der Waals surface area contributed by atoms with Crippen LogP contribution in [-0.4, -0.2) is 9.78 Å². The van der Waals surface area contributed by atoms with Gasteiger partial charge in [0.25, 0.3) is 0 Å². The molecule has 1 heterocycles. The van der Waals surface area contributed by atoms with Crippen molar-refractivity contribution in [1.29, 1.82) is 0 Å². The highest BCUT2D eigenvalue weighted by Crippen LogP contribution is 2.12. The van der Waals surface area contributed by atoms with E-state index in [2.05, 4.69) is 5.10 Å². The van der Waals surface area contributed by atoms with Crippen LogP contribution >= 0.6 is 0 Å². The van der Waals surface area contributed by atoms with Crippen LogP contribution in [0, 0.1) is 18.6 Å². The van der Waals surface area contributed by atoms with Crippen LogP contribution in [0.2, 0.25) is 0 Å². The largest absolute Gasteiger partial charge is 0.326 e. The van der Waals surface area contributed by atoms with Crippen molar-refractivity contribution in [3.8, 4) is 0 Å². The zero-order chi connectivity index (χ0) is 12.4. The predicted octanol–water partition coefficient (Wildman–Crippen LogP) is 1.98. The van der Waals surface area contributed by atoms with E-state index < -0.39 is 11.6 Å². The summed E-state index contributed by atoms with van der Waals surface area (Å²) in [7, 11) is 0. The first kappa shape index (κ1) is 11.7. The van der Waals surface area contributed by atoms with Gasteiger partial charge < -0.3 is 5.73 Å². The molecule has 0 saturated carbocycles. The monoisotopic (exact) mass is 237 g/mol. The molecule has 0 radical (unpaired) electrons. The van der Waals surface area contributed by atoms with Gasteiger partial charge in [-0.3, -0.25) is 4.68 Å². The third-order valence-corrected chi connectivity index (χ3v) is 2.62. The van der Waals surface area contributed by atoms with Crippen LogP contribution in [0.4, 0.5) is 8.78 Å². The molecule has 3 nitrogen and oxygen atoms in total. The molecule has 0 fully saturated rings. The van der Waals surface area contributed by atoms with Crippen molar-refractivity contribution < 1.29 is 8.78 Å². The maximum Gasteiger partial charge on any atom is 0.131 e. The van der Waals surface area contributed by atoms with Crippen molar-refractivity contribution in [3.05, 3.63) is 52.9 Å². The second-order valence-electron chi connectivity index (χ2n) is 3.88. The average Bonchev–Trinajstić information content (AvgIpc) is 2.63. The third kappa shape index (κ3) is 2.50. The van der Waals surface area contributed by atoms with Crippen LogP contribution in [0.25, 0.3) is 0 Å². The van der Waals surface area contributed by atoms with Crippen molar-refractivity contribution in [1.82, 2.24) is 9.78 Å². The summed E-state index contributed by atoms with van der Waals surface area (Å²) < 4.78 is 27.8. The molecule has 2 N–H and O–H groups in total. The van der Waals surface area contributed by atoms with Crippen LogP contribution in [0.3, 0.4) is 0 Å². The van der Waals surface area contributed by atoms with E-state index in [0.717, 1.165) is 17.3 Å². The summed E-state index contributed by atoms with van der Waals surface area (Å²) in [5, 5.41) is 4.22. The van der Waals surface area contributed by atoms with Gasteiger partial charge in [0.2, 0.25) is 0 Å². The highest BCUT2D eigenvalue weighted by atomic mass is 19.1. The molecule has 0 atom stereocenters.